The van der Waals surface area contributed by atoms with Crippen LogP contribution in [0.3, 0.4) is 0 Å². The number of carbonyl (C=O) groups excluding carboxylic acids is 4. The zero-order valence-corrected chi connectivity index (χ0v) is 34.1. The van der Waals surface area contributed by atoms with E-state index in [4.69, 9.17) is 28.4 Å². The van der Waals surface area contributed by atoms with Crippen molar-refractivity contribution in [2.75, 3.05) is 26.4 Å². The van der Waals surface area contributed by atoms with Crippen LogP contribution in [-0.2, 0) is 19.1 Å². The Hall–Kier alpha value is -6.42. The smallest absolute Gasteiger partial charge is 0.343 e. The Bertz CT molecular complexity index is 2310. The molecule has 10 heteroatoms. The molecule has 0 aromatic heterocycles. The number of rotatable bonds is 22. The summed E-state index contributed by atoms with van der Waals surface area (Å²) in [5.74, 6) is 0.467. The van der Waals surface area contributed by atoms with Crippen molar-refractivity contribution < 1.29 is 47.6 Å². The average Bonchev–Trinajstić information content (AvgIpc) is 3.22. The topological polar surface area (TPSA) is 124 Å². The predicted octanol–water partition coefficient (Wildman–Crippen LogP) is 10.9. The van der Waals surface area contributed by atoms with Gasteiger partial charge in [0.1, 0.15) is 23.0 Å². The normalized spacial score (nSPS) is 10.8. The van der Waals surface area contributed by atoms with Crippen LogP contribution in [0, 0.1) is 6.92 Å². The second kappa shape index (κ2) is 21.9. The van der Waals surface area contributed by atoms with Crippen molar-refractivity contribution >= 4 is 45.4 Å². The summed E-state index contributed by atoms with van der Waals surface area (Å²) in [6, 6.07) is 27.1. The van der Waals surface area contributed by atoms with E-state index in [0.717, 1.165) is 84.4 Å². The minimum Gasteiger partial charge on any atom is -0.494 e. The Morgan fingerprint density at radius 2 is 0.864 bits per heavy atom. The maximum Gasteiger partial charge on any atom is 0.343 e. The summed E-state index contributed by atoms with van der Waals surface area (Å²) < 4.78 is 33.5. The van der Waals surface area contributed by atoms with E-state index in [9.17, 15) is 19.2 Å². The minimum absolute atomic E-state index is 0.328. The maximum atomic E-state index is 13.1. The van der Waals surface area contributed by atoms with Crippen LogP contribution in [0.25, 0.3) is 21.5 Å². The lowest BCUT2D eigenvalue weighted by Crippen LogP contribution is -2.10. The molecular formula is C49H52O10. The highest BCUT2D eigenvalue weighted by molar-refractivity contribution is 5.98. The van der Waals surface area contributed by atoms with E-state index in [2.05, 4.69) is 13.2 Å². The van der Waals surface area contributed by atoms with Crippen molar-refractivity contribution in [1.29, 1.82) is 0 Å². The summed E-state index contributed by atoms with van der Waals surface area (Å²) in [5, 5.41) is 3.61. The molecule has 0 fully saturated rings. The molecule has 5 aromatic rings. The molecule has 0 saturated heterocycles. The van der Waals surface area contributed by atoms with Crippen molar-refractivity contribution in [1.82, 2.24) is 0 Å². The third-order valence-electron chi connectivity index (χ3n) is 9.43. The fraction of sp³-hybridized carbons (Fsp3) is 0.306. The monoisotopic (exact) mass is 800 g/mol. The summed E-state index contributed by atoms with van der Waals surface area (Å²) in [7, 11) is 0. The Morgan fingerprint density at radius 3 is 1.32 bits per heavy atom. The lowest BCUT2D eigenvalue weighted by molar-refractivity contribution is -0.139. The maximum absolute atomic E-state index is 13.1. The third-order valence-corrected chi connectivity index (χ3v) is 9.43. The molecule has 0 N–H and O–H groups in total. The molecule has 0 aliphatic carbocycles. The van der Waals surface area contributed by atoms with Crippen molar-refractivity contribution in [2.45, 2.75) is 72.1 Å². The lowest BCUT2D eigenvalue weighted by Gasteiger charge is -2.11. The zero-order valence-electron chi connectivity index (χ0n) is 34.1. The highest BCUT2D eigenvalue weighted by atomic mass is 16.5. The van der Waals surface area contributed by atoms with Gasteiger partial charge in [0, 0.05) is 11.1 Å². The molecule has 59 heavy (non-hydrogen) atoms. The van der Waals surface area contributed by atoms with Crippen LogP contribution in [0.1, 0.15) is 91.5 Å². The first-order valence-corrected chi connectivity index (χ1v) is 20.0. The first-order valence-electron chi connectivity index (χ1n) is 20.0. The number of esters is 4. The van der Waals surface area contributed by atoms with Crippen molar-refractivity contribution in [3.63, 3.8) is 0 Å². The Labute approximate surface area is 345 Å². The van der Waals surface area contributed by atoms with Crippen LogP contribution in [-0.4, -0.2) is 50.3 Å². The van der Waals surface area contributed by atoms with Crippen LogP contribution in [0.4, 0.5) is 0 Å². The summed E-state index contributed by atoms with van der Waals surface area (Å²) in [5.41, 5.74) is 2.25. The van der Waals surface area contributed by atoms with Gasteiger partial charge in [0.2, 0.25) is 0 Å². The highest BCUT2D eigenvalue weighted by Crippen LogP contribution is 2.28. The molecule has 0 aliphatic rings. The van der Waals surface area contributed by atoms with Crippen LogP contribution in [0.2, 0.25) is 0 Å². The van der Waals surface area contributed by atoms with Gasteiger partial charge < -0.3 is 28.4 Å². The lowest BCUT2D eigenvalue weighted by atomic mass is 10.1. The number of hydrogen-bond acceptors (Lipinski definition) is 10. The molecule has 308 valence electrons. The number of ether oxygens (including phenoxy) is 6. The van der Waals surface area contributed by atoms with Gasteiger partial charge in [-0.2, -0.15) is 0 Å². The molecule has 0 heterocycles. The molecule has 0 amide bonds. The summed E-state index contributed by atoms with van der Waals surface area (Å²) in [6.07, 6.45) is 7.18. The van der Waals surface area contributed by atoms with Gasteiger partial charge in [-0.05, 0) is 166 Å². The first-order chi connectivity index (χ1) is 28.5. The number of carbonyl (C=O) groups is 4. The van der Waals surface area contributed by atoms with Gasteiger partial charge in [-0.3, -0.25) is 0 Å². The predicted molar refractivity (Wildman–Crippen MR) is 228 cm³/mol. The summed E-state index contributed by atoms with van der Waals surface area (Å²) in [4.78, 5) is 49.1. The molecule has 0 bridgehead atoms. The third kappa shape index (κ3) is 13.6. The van der Waals surface area contributed by atoms with E-state index < -0.39 is 11.9 Å². The number of aryl methyl sites for hydroxylation is 1. The second-order valence-electron chi connectivity index (χ2n) is 14.5. The number of unbranched alkanes of at least 4 members (excludes halogenated alkanes) is 6. The van der Waals surface area contributed by atoms with Crippen LogP contribution < -0.4 is 18.9 Å². The second-order valence-corrected chi connectivity index (χ2v) is 14.5. The molecule has 0 spiro atoms. The Morgan fingerprint density at radius 1 is 0.458 bits per heavy atom. The van der Waals surface area contributed by atoms with Gasteiger partial charge >= 0.3 is 23.9 Å². The zero-order chi connectivity index (χ0) is 42.1. The fourth-order valence-corrected chi connectivity index (χ4v) is 6.08. The van der Waals surface area contributed by atoms with Crippen molar-refractivity contribution in [2.24, 2.45) is 0 Å². The van der Waals surface area contributed by atoms with Gasteiger partial charge in [-0.25, -0.2) is 19.2 Å². The molecule has 0 aliphatic heterocycles. The number of fused-ring (bicyclic) bond motifs is 2. The van der Waals surface area contributed by atoms with E-state index in [0.29, 0.717) is 65.8 Å². The quantitative estimate of drug-likeness (QED) is 0.0289. The van der Waals surface area contributed by atoms with E-state index in [1.807, 2.05) is 48.5 Å². The molecule has 10 nitrogen and oxygen atoms in total. The van der Waals surface area contributed by atoms with Gasteiger partial charge in [-0.15, -0.1) is 0 Å². The van der Waals surface area contributed by atoms with E-state index in [1.165, 1.54) is 0 Å². The molecule has 0 atom stereocenters. The Balaban J connectivity index is 1.05. The summed E-state index contributed by atoms with van der Waals surface area (Å²) >= 11 is 0. The van der Waals surface area contributed by atoms with Crippen LogP contribution >= 0.6 is 0 Å². The molecule has 0 radical (unpaired) electrons. The molecule has 5 rings (SSSR count). The molecule has 5 aromatic carbocycles. The first kappa shape index (κ1) is 43.7. The number of benzene rings is 5. The van der Waals surface area contributed by atoms with E-state index >= 15 is 0 Å². The van der Waals surface area contributed by atoms with Crippen molar-refractivity contribution in [3.05, 3.63) is 132 Å². The van der Waals surface area contributed by atoms with Gasteiger partial charge in [0.15, 0.2) is 0 Å². The van der Waals surface area contributed by atoms with E-state index in [1.54, 1.807) is 63.2 Å². The number of hydrogen-bond donors (Lipinski definition) is 0. The van der Waals surface area contributed by atoms with Gasteiger partial charge in [0.25, 0.3) is 0 Å². The van der Waals surface area contributed by atoms with Gasteiger partial charge in [0.05, 0.1) is 37.6 Å². The largest absolute Gasteiger partial charge is 0.494 e. The Kier molecular flexibility index (Phi) is 16.2. The minimum atomic E-state index is -0.508. The fourth-order valence-electron chi connectivity index (χ4n) is 6.08. The van der Waals surface area contributed by atoms with Crippen molar-refractivity contribution in [3.8, 4) is 23.0 Å². The summed E-state index contributed by atoms with van der Waals surface area (Å²) in [6.45, 7) is 14.1. The SMILES string of the molecule is C=C(C)C(=O)OCCCCCCOc1ccc2cc(C(=O)Oc3ccc(OC(=O)c4ccc5cc(OCCCCCCOC(=O)C(=C)C)ccc5c4)c(C)c3)ccc2c1. The van der Waals surface area contributed by atoms with Gasteiger partial charge in [-0.1, -0.05) is 37.4 Å². The molecule has 0 saturated carbocycles. The van der Waals surface area contributed by atoms with Crippen LogP contribution in [0.15, 0.2) is 115 Å². The van der Waals surface area contributed by atoms with Crippen LogP contribution in [0.5, 0.6) is 23.0 Å². The molecular weight excluding hydrogens is 749 g/mol. The highest BCUT2D eigenvalue weighted by Gasteiger charge is 2.15. The average molecular weight is 801 g/mol. The standard InChI is InChI=1S/C49H52O10/c1-33(2)46(50)56-26-12-8-6-10-24-54-42-20-18-36-29-40(16-14-38(36)31-42)48(52)58-44-22-23-45(35(5)28-44)59-49(53)41-17-15-39-32-43(21-19-37(39)30-41)55-25-11-7-9-13-27-57-47(51)34(3)4/h14-23,28-32H,1,3,6-13,24-27H2,2,4-5H3. The van der Waals surface area contributed by atoms with E-state index in [-0.39, 0.29) is 11.9 Å². The molecule has 0 unspecified atom stereocenters.